The van der Waals surface area contributed by atoms with Crippen LogP contribution in [0.15, 0.2) is 54.6 Å². The Balaban J connectivity index is 0.00000176. The van der Waals surface area contributed by atoms with Crippen LogP contribution in [0.5, 0.6) is 0 Å². The standard InChI is InChI=1S/C19H23N3O3.C2H6/c1-19(2,3)25-18(24)22-16-11-7-8-14(12-16)13-20-17(23)21-15-9-5-4-6-10-15;1-2/h4-12H,13H2,1-3H3,(H,22,24)(H2,20,21,23);1-2H3. The van der Waals surface area contributed by atoms with Gasteiger partial charge in [0, 0.05) is 17.9 Å². The van der Waals surface area contributed by atoms with Crippen LogP contribution in [0, 0.1) is 0 Å². The van der Waals surface area contributed by atoms with Crippen molar-refractivity contribution in [1.82, 2.24) is 5.32 Å². The topological polar surface area (TPSA) is 79.5 Å². The second kappa shape index (κ2) is 10.9. The van der Waals surface area contributed by atoms with Crippen LogP contribution < -0.4 is 16.0 Å². The van der Waals surface area contributed by atoms with E-state index in [2.05, 4.69) is 16.0 Å². The van der Waals surface area contributed by atoms with Crippen LogP contribution in [0.2, 0.25) is 0 Å². The van der Waals surface area contributed by atoms with Crippen LogP contribution in [0.4, 0.5) is 21.0 Å². The average Bonchev–Trinajstić information content (AvgIpc) is 2.61. The average molecular weight is 371 g/mol. The molecule has 0 aliphatic heterocycles. The van der Waals surface area contributed by atoms with E-state index in [-0.39, 0.29) is 6.03 Å². The minimum absolute atomic E-state index is 0.295. The molecule has 0 fully saturated rings. The fraction of sp³-hybridized carbons (Fsp3) is 0.333. The van der Waals surface area contributed by atoms with Gasteiger partial charge in [0.15, 0.2) is 0 Å². The van der Waals surface area contributed by atoms with E-state index in [0.717, 1.165) is 11.3 Å². The van der Waals surface area contributed by atoms with E-state index < -0.39 is 11.7 Å². The number of anilines is 2. The maximum atomic E-state index is 11.9. The fourth-order valence-corrected chi connectivity index (χ4v) is 2.06. The summed E-state index contributed by atoms with van der Waals surface area (Å²) < 4.78 is 5.22. The second-order valence-corrected chi connectivity index (χ2v) is 6.50. The molecule has 3 amide bonds. The highest BCUT2D eigenvalue weighted by molar-refractivity contribution is 5.89. The van der Waals surface area contributed by atoms with Crippen molar-refractivity contribution in [3.05, 3.63) is 60.2 Å². The maximum Gasteiger partial charge on any atom is 0.412 e. The lowest BCUT2D eigenvalue weighted by atomic mass is 10.2. The molecule has 0 aromatic heterocycles. The highest BCUT2D eigenvalue weighted by atomic mass is 16.6. The monoisotopic (exact) mass is 371 g/mol. The number of urea groups is 1. The van der Waals surface area contributed by atoms with Crippen LogP contribution in [0.1, 0.15) is 40.2 Å². The van der Waals surface area contributed by atoms with Crippen molar-refractivity contribution >= 4 is 23.5 Å². The zero-order valence-corrected chi connectivity index (χ0v) is 16.6. The number of ether oxygens (including phenoxy) is 1. The summed E-state index contributed by atoms with van der Waals surface area (Å²) >= 11 is 0. The lowest BCUT2D eigenvalue weighted by molar-refractivity contribution is 0.0636. The van der Waals surface area contributed by atoms with Crippen molar-refractivity contribution in [1.29, 1.82) is 0 Å². The molecule has 0 heterocycles. The SMILES string of the molecule is CC.CC(C)(C)OC(=O)Nc1cccc(CNC(=O)Nc2ccccc2)c1. The molecule has 0 unspecified atom stereocenters. The largest absolute Gasteiger partial charge is 0.444 e. The van der Waals surface area contributed by atoms with Gasteiger partial charge in [-0.3, -0.25) is 5.32 Å². The number of carbonyl (C=O) groups is 2. The minimum Gasteiger partial charge on any atom is -0.444 e. The molecule has 0 saturated carbocycles. The lowest BCUT2D eigenvalue weighted by Gasteiger charge is -2.19. The number of hydrogen-bond donors (Lipinski definition) is 3. The van der Waals surface area contributed by atoms with Crippen molar-refractivity contribution in [2.45, 2.75) is 46.8 Å². The van der Waals surface area contributed by atoms with E-state index >= 15 is 0 Å². The zero-order valence-electron chi connectivity index (χ0n) is 16.6. The van der Waals surface area contributed by atoms with E-state index in [1.807, 2.05) is 50.2 Å². The predicted molar refractivity (Wildman–Crippen MR) is 110 cm³/mol. The van der Waals surface area contributed by atoms with Gasteiger partial charge in [-0.15, -0.1) is 0 Å². The molecule has 6 heteroatoms. The normalized spacial score (nSPS) is 10.1. The Kier molecular flexibility index (Phi) is 8.85. The van der Waals surface area contributed by atoms with Gasteiger partial charge >= 0.3 is 12.1 Å². The summed E-state index contributed by atoms with van der Waals surface area (Å²) in [6.45, 7) is 9.75. The number of amides is 3. The molecule has 6 nitrogen and oxygen atoms in total. The highest BCUT2D eigenvalue weighted by Crippen LogP contribution is 2.14. The Hall–Kier alpha value is -3.02. The van der Waals surface area contributed by atoms with Crippen LogP contribution in [-0.4, -0.2) is 17.7 Å². The van der Waals surface area contributed by atoms with Gasteiger partial charge in [0.1, 0.15) is 5.60 Å². The molecular formula is C21H29N3O3. The molecule has 27 heavy (non-hydrogen) atoms. The van der Waals surface area contributed by atoms with Gasteiger partial charge in [-0.25, -0.2) is 9.59 Å². The first-order valence-corrected chi connectivity index (χ1v) is 9.01. The first kappa shape index (κ1) is 22.0. The van der Waals surface area contributed by atoms with Gasteiger partial charge in [0.2, 0.25) is 0 Å². The summed E-state index contributed by atoms with van der Waals surface area (Å²) in [6.07, 6.45) is -0.514. The Morgan fingerprint density at radius 1 is 0.889 bits per heavy atom. The van der Waals surface area contributed by atoms with Crippen molar-refractivity contribution < 1.29 is 14.3 Å². The molecule has 0 aliphatic carbocycles. The van der Waals surface area contributed by atoms with Gasteiger partial charge in [0.25, 0.3) is 0 Å². The van der Waals surface area contributed by atoms with Crippen molar-refractivity contribution in [3.8, 4) is 0 Å². The van der Waals surface area contributed by atoms with Crippen molar-refractivity contribution in [2.24, 2.45) is 0 Å². The molecule has 3 N–H and O–H groups in total. The van der Waals surface area contributed by atoms with Gasteiger partial charge in [0.05, 0.1) is 0 Å². The van der Waals surface area contributed by atoms with E-state index in [0.29, 0.717) is 12.2 Å². The van der Waals surface area contributed by atoms with E-state index in [4.69, 9.17) is 4.74 Å². The Labute approximate surface area is 161 Å². The molecule has 0 radical (unpaired) electrons. The molecule has 2 rings (SSSR count). The third kappa shape index (κ3) is 9.30. The number of benzene rings is 2. The molecule has 0 aliphatic rings. The lowest BCUT2D eigenvalue weighted by Crippen LogP contribution is -2.28. The molecule has 0 spiro atoms. The summed E-state index contributed by atoms with van der Waals surface area (Å²) in [6, 6.07) is 16.1. The van der Waals surface area contributed by atoms with Gasteiger partial charge in [-0.05, 0) is 50.6 Å². The summed E-state index contributed by atoms with van der Waals surface area (Å²) in [5.41, 5.74) is 1.63. The van der Waals surface area contributed by atoms with Gasteiger partial charge < -0.3 is 15.4 Å². The third-order valence-electron chi connectivity index (χ3n) is 3.06. The molecule has 0 bridgehead atoms. The van der Waals surface area contributed by atoms with Crippen LogP contribution >= 0.6 is 0 Å². The van der Waals surface area contributed by atoms with Crippen molar-refractivity contribution in [3.63, 3.8) is 0 Å². The van der Waals surface area contributed by atoms with Gasteiger partial charge in [-0.2, -0.15) is 0 Å². The second-order valence-electron chi connectivity index (χ2n) is 6.50. The van der Waals surface area contributed by atoms with E-state index in [9.17, 15) is 9.59 Å². The molecule has 0 atom stereocenters. The Morgan fingerprint density at radius 2 is 1.52 bits per heavy atom. The Morgan fingerprint density at radius 3 is 2.15 bits per heavy atom. The first-order chi connectivity index (χ1) is 12.8. The Bertz CT molecular complexity index is 725. The van der Waals surface area contributed by atoms with E-state index in [1.54, 1.807) is 39.0 Å². The number of carbonyl (C=O) groups excluding carboxylic acids is 2. The summed E-state index contributed by atoms with van der Waals surface area (Å²) in [5.74, 6) is 0. The third-order valence-corrected chi connectivity index (χ3v) is 3.06. The summed E-state index contributed by atoms with van der Waals surface area (Å²) in [5, 5.41) is 8.19. The quantitative estimate of drug-likeness (QED) is 0.675. The first-order valence-electron chi connectivity index (χ1n) is 9.01. The molecule has 2 aromatic rings. The van der Waals surface area contributed by atoms with Crippen LogP contribution in [0.3, 0.4) is 0 Å². The summed E-state index contributed by atoms with van der Waals surface area (Å²) in [4.78, 5) is 23.7. The summed E-state index contributed by atoms with van der Waals surface area (Å²) in [7, 11) is 0. The molecule has 2 aromatic carbocycles. The predicted octanol–water partition coefficient (Wildman–Crippen LogP) is 5.38. The minimum atomic E-state index is -0.557. The highest BCUT2D eigenvalue weighted by Gasteiger charge is 2.16. The van der Waals surface area contributed by atoms with Crippen molar-refractivity contribution in [2.75, 3.05) is 10.6 Å². The zero-order chi connectivity index (χ0) is 20.3. The maximum absolute atomic E-state index is 11.9. The number of rotatable bonds is 4. The van der Waals surface area contributed by atoms with E-state index in [1.165, 1.54) is 0 Å². The van der Waals surface area contributed by atoms with Gasteiger partial charge in [-0.1, -0.05) is 44.2 Å². The molecule has 146 valence electrons. The number of hydrogen-bond acceptors (Lipinski definition) is 3. The number of para-hydroxylation sites is 1. The van der Waals surface area contributed by atoms with Crippen LogP contribution in [-0.2, 0) is 11.3 Å². The van der Waals surface area contributed by atoms with Crippen LogP contribution in [0.25, 0.3) is 0 Å². The molecule has 0 saturated heterocycles. The number of nitrogens with one attached hydrogen (secondary N) is 3. The molecular weight excluding hydrogens is 342 g/mol. The fourth-order valence-electron chi connectivity index (χ4n) is 2.06. The smallest absolute Gasteiger partial charge is 0.412 e.